The molecule has 0 radical (unpaired) electrons. The second-order valence-corrected chi connectivity index (χ2v) is 7.05. The first-order valence-electron chi connectivity index (χ1n) is 7.68. The van der Waals surface area contributed by atoms with Crippen molar-refractivity contribution in [2.24, 2.45) is 0 Å². The SMILES string of the molecule is Cc1cc(C(=O)N2CC[C@@H](c3sccc3C)[C@H](O)C2)cc(=O)[nH]1. The number of likely N-dealkylation sites (tertiary alicyclic amines) is 1. The van der Waals surface area contributed by atoms with E-state index < -0.39 is 6.10 Å². The van der Waals surface area contributed by atoms with Gasteiger partial charge in [-0.1, -0.05) is 0 Å². The summed E-state index contributed by atoms with van der Waals surface area (Å²) in [5, 5.41) is 12.5. The number of thiophene rings is 1. The largest absolute Gasteiger partial charge is 0.391 e. The van der Waals surface area contributed by atoms with Crippen LogP contribution in [0.4, 0.5) is 0 Å². The molecule has 6 heteroatoms. The van der Waals surface area contributed by atoms with Crippen molar-refractivity contribution in [3.8, 4) is 0 Å². The van der Waals surface area contributed by atoms with Crippen LogP contribution in [0.2, 0.25) is 0 Å². The predicted octanol–water partition coefficient (Wildman–Crippen LogP) is 2.04. The van der Waals surface area contributed by atoms with E-state index in [0.717, 1.165) is 6.42 Å². The van der Waals surface area contributed by atoms with Crippen molar-refractivity contribution in [1.29, 1.82) is 0 Å². The number of rotatable bonds is 2. The summed E-state index contributed by atoms with van der Waals surface area (Å²) >= 11 is 1.66. The van der Waals surface area contributed by atoms with Crippen LogP contribution in [0, 0.1) is 13.8 Å². The second-order valence-electron chi connectivity index (χ2n) is 6.10. The number of nitrogens with zero attached hydrogens (tertiary/aromatic N) is 1. The Hall–Kier alpha value is -1.92. The summed E-state index contributed by atoms with van der Waals surface area (Å²) in [5.41, 5.74) is 1.96. The zero-order valence-electron chi connectivity index (χ0n) is 13.2. The standard InChI is InChI=1S/C17H20N2O3S/c1-10-4-6-23-16(10)13-3-5-19(9-14(13)20)17(22)12-7-11(2)18-15(21)8-12/h4,6-8,13-14,20H,3,5,9H2,1-2H3,(H,18,21)/t13-,14-/m1/s1. The van der Waals surface area contributed by atoms with E-state index in [0.29, 0.717) is 24.3 Å². The normalized spacial score (nSPS) is 21.4. The van der Waals surface area contributed by atoms with Crippen LogP contribution in [-0.4, -0.2) is 40.1 Å². The number of aliphatic hydroxyl groups is 1. The van der Waals surface area contributed by atoms with Gasteiger partial charge in [0.1, 0.15) is 0 Å². The van der Waals surface area contributed by atoms with E-state index in [1.54, 1.807) is 29.2 Å². The monoisotopic (exact) mass is 332 g/mol. The van der Waals surface area contributed by atoms with Crippen LogP contribution in [0.15, 0.2) is 28.4 Å². The molecule has 0 spiro atoms. The fourth-order valence-electron chi connectivity index (χ4n) is 3.17. The number of β-amino-alcohol motifs (C(OH)–C–C–N with tert-alkyl or cyclic N) is 1. The molecule has 0 aliphatic carbocycles. The van der Waals surface area contributed by atoms with Crippen LogP contribution in [0.25, 0.3) is 0 Å². The molecule has 122 valence electrons. The van der Waals surface area contributed by atoms with E-state index in [1.165, 1.54) is 16.5 Å². The van der Waals surface area contributed by atoms with Gasteiger partial charge in [-0.3, -0.25) is 9.59 Å². The number of piperidine rings is 1. The molecule has 2 atom stereocenters. The first-order chi connectivity index (χ1) is 11.0. The number of carbonyl (C=O) groups excluding carboxylic acids is 1. The quantitative estimate of drug-likeness (QED) is 0.884. The predicted molar refractivity (Wildman–Crippen MR) is 90.1 cm³/mol. The van der Waals surface area contributed by atoms with Gasteiger partial charge in [0, 0.05) is 41.2 Å². The van der Waals surface area contributed by atoms with E-state index in [2.05, 4.69) is 18.0 Å². The number of aromatic nitrogens is 1. The van der Waals surface area contributed by atoms with Crippen molar-refractivity contribution < 1.29 is 9.90 Å². The van der Waals surface area contributed by atoms with Gasteiger partial charge in [-0.25, -0.2) is 0 Å². The molecule has 0 unspecified atom stereocenters. The Bertz CT molecular complexity index is 780. The van der Waals surface area contributed by atoms with E-state index in [1.807, 2.05) is 5.38 Å². The van der Waals surface area contributed by atoms with Crippen molar-refractivity contribution >= 4 is 17.2 Å². The van der Waals surface area contributed by atoms with Crippen LogP contribution in [0.5, 0.6) is 0 Å². The number of aromatic amines is 1. The van der Waals surface area contributed by atoms with Crippen molar-refractivity contribution in [2.45, 2.75) is 32.3 Å². The van der Waals surface area contributed by atoms with Gasteiger partial charge in [0.05, 0.1) is 6.10 Å². The fourth-order valence-corrected chi connectivity index (χ4v) is 4.30. The lowest BCUT2D eigenvalue weighted by atomic mass is 9.90. The molecule has 0 saturated carbocycles. The van der Waals surface area contributed by atoms with Gasteiger partial charge in [0.2, 0.25) is 5.56 Å². The molecule has 2 aromatic rings. The van der Waals surface area contributed by atoms with Crippen molar-refractivity contribution in [3.05, 3.63) is 55.6 Å². The Balaban J connectivity index is 1.76. The molecule has 1 aliphatic rings. The third-order valence-electron chi connectivity index (χ3n) is 4.33. The Morgan fingerprint density at radius 3 is 2.78 bits per heavy atom. The summed E-state index contributed by atoms with van der Waals surface area (Å²) in [6, 6.07) is 5.05. The summed E-state index contributed by atoms with van der Waals surface area (Å²) in [4.78, 5) is 29.6. The highest BCUT2D eigenvalue weighted by Gasteiger charge is 2.32. The molecule has 3 rings (SSSR count). The fraction of sp³-hybridized carbons (Fsp3) is 0.412. The summed E-state index contributed by atoms with van der Waals surface area (Å²) in [6.45, 7) is 4.68. The first kappa shape index (κ1) is 16.0. The van der Waals surface area contributed by atoms with Crippen molar-refractivity contribution in [2.75, 3.05) is 13.1 Å². The zero-order valence-corrected chi connectivity index (χ0v) is 14.0. The van der Waals surface area contributed by atoms with Gasteiger partial charge in [-0.05, 0) is 43.3 Å². The van der Waals surface area contributed by atoms with Crippen LogP contribution >= 0.6 is 11.3 Å². The van der Waals surface area contributed by atoms with Gasteiger partial charge in [0.15, 0.2) is 0 Å². The molecule has 0 bridgehead atoms. The molecule has 23 heavy (non-hydrogen) atoms. The molecular formula is C17H20N2O3S. The second kappa shape index (κ2) is 6.29. The van der Waals surface area contributed by atoms with Gasteiger partial charge in [0.25, 0.3) is 5.91 Å². The van der Waals surface area contributed by atoms with Gasteiger partial charge in [-0.15, -0.1) is 11.3 Å². The average molecular weight is 332 g/mol. The maximum Gasteiger partial charge on any atom is 0.254 e. The lowest BCUT2D eigenvalue weighted by Gasteiger charge is -2.36. The molecule has 1 saturated heterocycles. The molecule has 2 aromatic heterocycles. The van der Waals surface area contributed by atoms with E-state index in [9.17, 15) is 14.7 Å². The van der Waals surface area contributed by atoms with E-state index in [4.69, 9.17) is 0 Å². The topological polar surface area (TPSA) is 73.4 Å². The Morgan fingerprint density at radius 1 is 1.39 bits per heavy atom. The van der Waals surface area contributed by atoms with Gasteiger partial charge in [-0.2, -0.15) is 0 Å². The van der Waals surface area contributed by atoms with Crippen molar-refractivity contribution in [3.63, 3.8) is 0 Å². The average Bonchev–Trinajstić information content (AvgIpc) is 2.91. The lowest BCUT2D eigenvalue weighted by molar-refractivity contribution is 0.0386. The number of H-pyrrole nitrogens is 1. The molecule has 5 nitrogen and oxygen atoms in total. The molecule has 1 fully saturated rings. The number of pyridine rings is 1. The maximum atomic E-state index is 12.6. The summed E-state index contributed by atoms with van der Waals surface area (Å²) in [7, 11) is 0. The van der Waals surface area contributed by atoms with Crippen molar-refractivity contribution in [1.82, 2.24) is 9.88 Å². The molecular weight excluding hydrogens is 312 g/mol. The molecule has 3 heterocycles. The molecule has 1 aliphatic heterocycles. The van der Waals surface area contributed by atoms with Crippen LogP contribution < -0.4 is 5.56 Å². The van der Waals surface area contributed by atoms with Crippen LogP contribution in [0.1, 0.15) is 38.8 Å². The van der Waals surface area contributed by atoms with E-state index >= 15 is 0 Å². The van der Waals surface area contributed by atoms with Gasteiger partial charge >= 0.3 is 0 Å². The number of amides is 1. The lowest BCUT2D eigenvalue weighted by Crippen LogP contribution is -2.45. The smallest absolute Gasteiger partial charge is 0.254 e. The minimum absolute atomic E-state index is 0.0833. The van der Waals surface area contributed by atoms with Gasteiger partial charge < -0.3 is 15.0 Å². The molecule has 2 N–H and O–H groups in total. The Kier molecular flexibility index (Phi) is 4.37. The highest BCUT2D eigenvalue weighted by atomic mass is 32.1. The van der Waals surface area contributed by atoms with Crippen LogP contribution in [0.3, 0.4) is 0 Å². The third kappa shape index (κ3) is 3.23. The number of aliphatic hydroxyl groups excluding tert-OH is 1. The molecule has 1 amide bonds. The minimum Gasteiger partial charge on any atom is -0.391 e. The number of aryl methyl sites for hydroxylation is 2. The van der Waals surface area contributed by atoms with E-state index in [-0.39, 0.29) is 17.4 Å². The maximum absolute atomic E-state index is 12.6. The summed E-state index contributed by atoms with van der Waals surface area (Å²) < 4.78 is 0. The first-order valence-corrected chi connectivity index (χ1v) is 8.56. The molecule has 0 aromatic carbocycles. The highest BCUT2D eigenvalue weighted by molar-refractivity contribution is 7.10. The third-order valence-corrected chi connectivity index (χ3v) is 5.48. The summed E-state index contributed by atoms with van der Waals surface area (Å²) in [5.74, 6) is -0.112. The highest BCUT2D eigenvalue weighted by Crippen LogP contribution is 2.34. The van der Waals surface area contributed by atoms with Crippen LogP contribution in [-0.2, 0) is 0 Å². The number of hydrogen-bond donors (Lipinski definition) is 2. The summed E-state index contributed by atoms with van der Waals surface area (Å²) in [6.07, 6.45) is 0.157. The Morgan fingerprint density at radius 2 is 2.17 bits per heavy atom. The Labute approximate surface area is 138 Å². The minimum atomic E-state index is -0.576. The number of carbonyl (C=O) groups is 1. The number of nitrogens with one attached hydrogen (secondary N) is 1. The number of hydrogen-bond acceptors (Lipinski definition) is 4. The zero-order chi connectivity index (χ0) is 16.6.